The minimum absolute atomic E-state index is 0.239. The van der Waals surface area contributed by atoms with Crippen molar-refractivity contribution in [2.75, 3.05) is 20.8 Å². The van der Waals surface area contributed by atoms with Gasteiger partial charge in [0.25, 0.3) is 0 Å². The monoisotopic (exact) mass is 276 g/mol. The third kappa shape index (κ3) is 3.60. The Hall–Kier alpha value is -1.35. The average Bonchev–Trinajstić information content (AvgIpc) is 2.53. The van der Waals surface area contributed by atoms with Crippen molar-refractivity contribution in [3.8, 4) is 0 Å². The molecular formula is C17H24O3. The molecule has 3 nitrogen and oxygen atoms in total. The maximum Gasteiger partial charge on any atom is 0.315 e. The van der Waals surface area contributed by atoms with Gasteiger partial charge < -0.3 is 9.47 Å². The van der Waals surface area contributed by atoms with E-state index in [1.165, 1.54) is 44.8 Å². The van der Waals surface area contributed by atoms with Crippen LogP contribution < -0.4 is 0 Å². The van der Waals surface area contributed by atoms with Crippen LogP contribution in [0.25, 0.3) is 0 Å². The first-order chi connectivity index (χ1) is 9.76. The lowest BCUT2D eigenvalue weighted by Gasteiger charge is -2.22. The first-order valence-electron chi connectivity index (χ1n) is 7.43. The molecule has 0 saturated heterocycles. The molecule has 110 valence electrons. The van der Waals surface area contributed by atoms with Gasteiger partial charge in [-0.05, 0) is 29.9 Å². The first-order valence-corrected chi connectivity index (χ1v) is 7.43. The lowest BCUT2D eigenvalue weighted by atomic mass is 9.83. The van der Waals surface area contributed by atoms with Gasteiger partial charge >= 0.3 is 5.97 Å². The molecule has 0 amide bonds. The van der Waals surface area contributed by atoms with Crippen molar-refractivity contribution < 1.29 is 14.3 Å². The summed E-state index contributed by atoms with van der Waals surface area (Å²) in [7, 11) is 3.02. The van der Waals surface area contributed by atoms with E-state index in [4.69, 9.17) is 9.47 Å². The molecule has 20 heavy (non-hydrogen) atoms. The van der Waals surface area contributed by atoms with Gasteiger partial charge in [0.1, 0.15) is 5.92 Å². The summed E-state index contributed by atoms with van der Waals surface area (Å²) in [5.41, 5.74) is 2.37. The van der Waals surface area contributed by atoms with E-state index in [1.807, 2.05) is 12.1 Å². The molecule has 0 spiro atoms. The van der Waals surface area contributed by atoms with Gasteiger partial charge in [-0.1, -0.05) is 43.5 Å². The van der Waals surface area contributed by atoms with Crippen molar-refractivity contribution in [3.05, 3.63) is 35.4 Å². The number of rotatable bonds is 5. The fraction of sp³-hybridized carbons (Fsp3) is 0.588. The van der Waals surface area contributed by atoms with Crippen molar-refractivity contribution in [3.63, 3.8) is 0 Å². The van der Waals surface area contributed by atoms with Gasteiger partial charge in [-0.2, -0.15) is 0 Å². The minimum Gasteiger partial charge on any atom is -0.468 e. The normalized spacial score (nSPS) is 17.7. The molecule has 2 rings (SSSR count). The predicted molar refractivity (Wildman–Crippen MR) is 78.9 cm³/mol. The van der Waals surface area contributed by atoms with Crippen molar-refractivity contribution in [2.45, 2.75) is 43.9 Å². The van der Waals surface area contributed by atoms with Crippen LogP contribution in [0.3, 0.4) is 0 Å². The molecule has 3 heteroatoms. The summed E-state index contributed by atoms with van der Waals surface area (Å²) in [6, 6.07) is 8.42. The summed E-state index contributed by atoms with van der Waals surface area (Å²) in [6.45, 7) is 0.357. The largest absolute Gasteiger partial charge is 0.468 e. The number of hydrogen-bond donors (Lipinski definition) is 0. The Labute approximate surface area is 121 Å². The molecular weight excluding hydrogens is 252 g/mol. The number of hydrogen-bond acceptors (Lipinski definition) is 3. The van der Waals surface area contributed by atoms with E-state index in [-0.39, 0.29) is 11.9 Å². The molecule has 1 aliphatic rings. The first kappa shape index (κ1) is 15.0. The molecule has 1 aromatic carbocycles. The van der Waals surface area contributed by atoms with E-state index in [1.54, 1.807) is 7.11 Å². The van der Waals surface area contributed by atoms with Crippen LogP contribution in [0.5, 0.6) is 0 Å². The molecule has 1 fully saturated rings. The summed E-state index contributed by atoms with van der Waals surface area (Å²) in [6.07, 6.45) is 6.62. The standard InChI is InChI=1S/C17H24O3/c1-19-12-16(17(18)20-2)15-10-8-14(9-11-15)13-6-4-3-5-7-13/h8-11,13,16H,3-7,12H2,1-2H3. The molecule has 1 aromatic rings. The van der Waals surface area contributed by atoms with Gasteiger partial charge in [0.05, 0.1) is 13.7 Å². The van der Waals surface area contributed by atoms with Crippen molar-refractivity contribution in [1.29, 1.82) is 0 Å². The van der Waals surface area contributed by atoms with E-state index >= 15 is 0 Å². The summed E-state index contributed by atoms with van der Waals surface area (Å²) >= 11 is 0. The van der Waals surface area contributed by atoms with Gasteiger partial charge in [0, 0.05) is 7.11 Å². The smallest absolute Gasteiger partial charge is 0.315 e. The minimum atomic E-state index is -0.328. The highest BCUT2D eigenvalue weighted by molar-refractivity contribution is 5.78. The topological polar surface area (TPSA) is 35.5 Å². The quantitative estimate of drug-likeness (QED) is 0.770. The zero-order valence-corrected chi connectivity index (χ0v) is 12.4. The van der Waals surface area contributed by atoms with E-state index in [0.717, 1.165) is 5.56 Å². The number of benzene rings is 1. The summed E-state index contributed by atoms with van der Waals surface area (Å²) < 4.78 is 9.97. The second kappa shape index (κ2) is 7.44. The Morgan fingerprint density at radius 1 is 1.15 bits per heavy atom. The fourth-order valence-corrected chi connectivity index (χ4v) is 3.05. The number of carbonyl (C=O) groups excluding carboxylic acids is 1. The Bertz CT molecular complexity index is 418. The molecule has 0 bridgehead atoms. The van der Waals surface area contributed by atoms with Crippen molar-refractivity contribution >= 4 is 5.97 Å². The molecule has 1 aliphatic carbocycles. The van der Waals surface area contributed by atoms with Crippen LogP contribution in [0.2, 0.25) is 0 Å². The molecule has 0 N–H and O–H groups in total. The lowest BCUT2D eigenvalue weighted by molar-refractivity contribution is -0.143. The second-order valence-corrected chi connectivity index (χ2v) is 5.53. The molecule has 0 heterocycles. The van der Waals surface area contributed by atoms with Gasteiger partial charge in [0.15, 0.2) is 0 Å². The van der Waals surface area contributed by atoms with Crippen LogP contribution in [0.4, 0.5) is 0 Å². The Morgan fingerprint density at radius 2 is 1.80 bits per heavy atom. The van der Waals surface area contributed by atoms with Crippen LogP contribution >= 0.6 is 0 Å². The Balaban J connectivity index is 2.10. The van der Waals surface area contributed by atoms with Crippen LogP contribution in [0, 0.1) is 0 Å². The summed E-state index contributed by atoms with van der Waals surface area (Å²) in [4.78, 5) is 11.8. The van der Waals surface area contributed by atoms with Gasteiger partial charge in [0.2, 0.25) is 0 Å². The highest BCUT2D eigenvalue weighted by Gasteiger charge is 2.22. The van der Waals surface area contributed by atoms with Crippen LogP contribution in [-0.2, 0) is 14.3 Å². The highest BCUT2D eigenvalue weighted by Crippen LogP contribution is 2.33. The fourth-order valence-electron chi connectivity index (χ4n) is 3.05. The third-order valence-corrected chi connectivity index (χ3v) is 4.23. The Kier molecular flexibility index (Phi) is 5.60. The average molecular weight is 276 g/mol. The Morgan fingerprint density at radius 3 is 2.35 bits per heavy atom. The summed E-state index contributed by atoms with van der Waals surface area (Å²) in [5.74, 6) is 0.125. The van der Waals surface area contributed by atoms with Crippen LogP contribution in [0.15, 0.2) is 24.3 Å². The van der Waals surface area contributed by atoms with Crippen LogP contribution in [0.1, 0.15) is 55.1 Å². The molecule has 1 unspecified atom stereocenters. The number of carbonyl (C=O) groups is 1. The predicted octanol–water partition coefficient (Wildman–Crippen LogP) is 3.64. The van der Waals surface area contributed by atoms with Crippen molar-refractivity contribution in [2.24, 2.45) is 0 Å². The van der Waals surface area contributed by atoms with Gasteiger partial charge in [-0.25, -0.2) is 0 Å². The maximum atomic E-state index is 11.8. The zero-order chi connectivity index (χ0) is 14.4. The lowest BCUT2D eigenvalue weighted by Crippen LogP contribution is -2.19. The zero-order valence-electron chi connectivity index (χ0n) is 12.4. The number of methoxy groups -OCH3 is 2. The number of ether oxygens (including phenoxy) is 2. The molecule has 0 aliphatic heterocycles. The molecule has 1 atom stereocenters. The van der Waals surface area contributed by atoms with E-state index < -0.39 is 0 Å². The van der Waals surface area contributed by atoms with E-state index in [2.05, 4.69) is 12.1 Å². The van der Waals surface area contributed by atoms with Crippen molar-refractivity contribution in [1.82, 2.24) is 0 Å². The maximum absolute atomic E-state index is 11.8. The third-order valence-electron chi connectivity index (χ3n) is 4.23. The molecule has 1 saturated carbocycles. The SMILES string of the molecule is COCC(C(=O)OC)c1ccc(C2CCCCC2)cc1. The van der Waals surface area contributed by atoms with Gasteiger partial charge in [-0.3, -0.25) is 4.79 Å². The van der Waals surface area contributed by atoms with Gasteiger partial charge in [-0.15, -0.1) is 0 Å². The highest BCUT2D eigenvalue weighted by atomic mass is 16.5. The second-order valence-electron chi connectivity index (χ2n) is 5.53. The molecule has 0 aromatic heterocycles. The summed E-state index contributed by atoms with van der Waals surface area (Å²) in [5, 5.41) is 0. The molecule has 0 radical (unpaired) electrons. The number of esters is 1. The van der Waals surface area contributed by atoms with E-state index in [0.29, 0.717) is 12.5 Å². The van der Waals surface area contributed by atoms with E-state index in [9.17, 15) is 4.79 Å². The van der Waals surface area contributed by atoms with Crippen LogP contribution in [-0.4, -0.2) is 26.8 Å².